The van der Waals surface area contributed by atoms with Crippen molar-refractivity contribution in [2.24, 2.45) is 0 Å². The Balaban J connectivity index is 0.885. The van der Waals surface area contributed by atoms with Gasteiger partial charge in [-0.25, -0.2) is 0 Å². The van der Waals surface area contributed by atoms with Crippen LogP contribution in [0.3, 0.4) is 0 Å². The second-order valence-electron chi connectivity index (χ2n) is 16.9. The van der Waals surface area contributed by atoms with Gasteiger partial charge in [-0.1, -0.05) is 164 Å². The van der Waals surface area contributed by atoms with Crippen LogP contribution in [0, 0.1) is 0 Å². The van der Waals surface area contributed by atoms with Crippen molar-refractivity contribution >= 4 is 82.4 Å². The molecule has 13 rings (SSSR count). The lowest BCUT2D eigenvalue weighted by Gasteiger charge is -2.26. The van der Waals surface area contributed by atoms with Gasteiger partial charge in [0.15, 0.2) is 0 Å². The van der Waals surface area contributed by atoms with Gasteiger partial charge in [0.2, 0.25) is 0 Å². The molecular formula is C62H40N2O. The van der Waals surface area contributed by atoms with Crippen molar-refractivity contribution < 1.29 is 4.42 Å². The van der Waals surface area contributed by atoms with Gasteiger partial charge in [0.05, 0.1) is 11.0 Å². The number of aromatic nitrogens is 1. The molecule has 2 heterocycles. The molecule has 0 amide bonds. The summed E-state index contributed by atoms with van der Waals surface area (Å²) in [5.74, 6) is 0. The van der Waals surface area contributed by atoms with Crippen molar-refractivity contribution in [1.82, 2.24) is 4.57 Å². The summed E-state index contributed by atoms with van der Waals surface area (Å²) in [4.78, 5) is 2.34. The SMILES string of the molecule is c1ccc(-c2cccc3cccc(-c4ccc(N(c5ccc6cc(-c7ccc(-n8c9ccccc9c9ccccc98)cc7)ccc6c5)c5ccc6c(c5)oc5ccccc56)cc4)c23)cc1. The van der Waals surface area contributed by atoms with E-state index in [0.29, 0.717) is 0 Å². The van der Waals surface area contributed by atoms with Crippen LogP contribution in [0.2, 0.25) is 0 Å². The second kappa shape index (κ2) is 15.0. The lowest BCUT2D eigenvalue weighted by Crippen LogP contribution is -2.09. The maximum Gasteiger partial charge on any atom is 0.137 e. The van der Waals surface area contributed by atoms with E-state index in [4.69, 9.17) is 4.42 Å². The summed E-state index contributed by atoms with van der Waals surface area (Å²) < 4.78 is 8.81. The zero-order valence-electron chi connectivity index (χ0n) is 35.4. The van der Waals surface area contributed by atoms with Crippen LogP contribution < -0.4 is 4.90 Å². The van der Waals surface area contributed by atoms with Crippen LogP contribution in [0.1, 0.15) is 0 Å². The molecule has 0 unspecified atom stereocenters. The van der Waals surface area contributed by atoms with Crippen LogP contribution in [0.4, 0.5) is 17.1 Å². The van der Waals surface area contributed by atoms with Gasteiger partial charge in [-0.05, 0) is 128 Å². The van der Waals surface area contributed by atoms with Crippen molar-refractivity contribution in [2.75, 3.05) is 4.90 Å². The summed E-state index contributed by atoms with van der Waals surface area (Å²) in [6.45, 7) is 0. The molecule has 0 saturated heterocycles. The van der Waals surface area contributed by atoms with E-state index in [1.165, 1.54) is 76.7 Å². The fourth-order valence-electron chi connectivity index (χ4n) is 10.1. The second-order valence-corrected chi connectivity index (χ2v) is 16.9. The van der Waals surface area contributed by atoms with Crippen molar-refractivity contribution in [3.8, 4) is 39.1 Å². The highest BCUT2D eigenvalue weighted by atomic mass is 16.3. The van der Waals surface area contributed by atoms with Gasteiger partial charge in [0.1, 0.15) is 11.2 Å². The third-order valence-electron chi connectivity index (χ3n) is 13.2. The van der Waals surface area contributed by atoms with Gasteiger partial charge >= 0.3 is 0 Å². The molecule has 0 spiro atoms. The number of anilines is 3. The highest BCUT2D eigenvalue weighted by Gasteiger charge is 2.18. The molecule has 0 saturated carbocycles. The minimum atomic E-state index is 0.865. The van der Waals surface area contributed by atoms with Crippen LogP contribution >= 0.6 is 0 Å². The van der Waals surface area contributed by atoms with Crippen LogP contribution in [0.25, 0.3) is 104 Å². The highest BCUT2D eigenvalue weighted by molar-refractivity contribution is 6.10. The van der Waals surface area contributed by atoms with Gasteiger partial charge in [0, 0.05) is 50.4 Å². The fourth-order valence-corrected chi connectivity index (χ4v) is 10.1. The Bertz CT molecular complexity index is 3880. The number of rotatable bonds is 7. The first kappa shape index (κ1) is 36.9. The minimum absolute atomic E-state index is 0.865. The summed E-state index contributed by atoms with van der Waals surface area (Å²) in [5.41, 5.74) is 15.7. The molecule has 304 valence electrons. The first-order valence-electron chi connectivity index (χ1n) is 22.2. The minimum Gasteiger partial charge on any atom is -0.456 e. The van der Waals surface area contributed by atoms with E-state index in [9.17, 15) is 0 Å². The summed E-state index contributed by atoms with van der Waals surface area (Å²) in [7, 11) is 0. The lowest BCUT2D eigenvalue weighted by molar-refractivity contribution is 0.669. The molecular weight excluding hydrogens is 789 g/mol. The molecule has 0 radical (unpaired) electrons. The average molecular weight is 829 g/mol. The normalized spacial score (nSPS) is 11.7. The topological polar surface area (TPSA) is 21.3 Å². The predicted molar refractivity (Wildman–Crippen MR) is 274 cm³/mol. The van der Waals surface area contributed by atoms with Gasteiger partial charge in [-0.3, -0.25) is 0 Å². The monoisotopic (exact) mass is 828 g/mol. The summed E-state index contributed by atoms with van der Waals surface area (Å²) in [6.07, 6.45) is 0. The van der Waals surface area contributed by atoms with Crippen molar-refractivity contribution in [1.29, 1.82) is 0 Å². The number of furan rings is 1. The maximum atomic E-state index is 6.44. The summed E-state index contributed by atoms with van der Waals surface area (Å²) in [5, 5.41) is 9.61. The third-order valence-corrected chi connectivity index (χ3v) is 13.2. The number of para-hydroxylation sites is 3. The summed E-state index contributed by atoms with van der Waals surface area (Å²) in [6, 6.07) is 87.7. The van der Waals surface area contributed by atoms with E-state index in [2.05, 4.69) is 240 Å². The van der Waals surface area contributed by atoms with Crippen molar-refractivity contribution in [2.45, 2.75) is 0 Å². The van der Waals surface area contributed by atoms with E-state index in [1.54, 1.807) is 0 Å². The lowest BCUT2D eigenvalue weighted by atomic mass is 9.91. The zero-order chi connectivity index (χ0) is 42.8. The quantitative estimate of drug-likeness (QED) is 0.160. The highest BCUT2D eigenvalue weighted by Crippen LogP contribution is 2.42. The number of nitrogens with zero attached hydrogens (tertiary/aromatic N) is 2. The van der Waals surface area contributed by atoms with Crippen molar-refractivity contribution in [3.63, 3.8) is 0 Å². The fraction of sp³-hybridized carbons (Fsp3) is 0. The van der Waals surface area contributed by atoms with Gasteiger partial charge in [0.25, 0.3) is 0 Å². The van der Waals surface area contributed by atoms with Crippen LogP contribution in [0.15, 0.2) is 247 Å². The Morgan fingerprint density at radius 2 is 0.846 bits per heavy atom. The number of fused-ring (bicyclic) bond motifs is 8. The van der Waals surface area contributed by atoms with Crippen LogP contribution in [-0.4, -0.2) is 4.57 Å². The molecule has 0 atom stereocenters. The molecule has 2 aromatic heterocycles. The Morgan fingerprint density at radius 1 is 0.308 bits per heavy atom. The molecule has 0 N–H and O–H groups in total. The molecule has 0 aliphatic carbocycles. The summed E-state index contributed by atoms with van der Waals surface area (Å²) >= 11 is 0. The Labute approximate surface area is 376 Å². The van der Waals surface area contributed by atoms with Crippen LogP contribution in [0.5, 0.6) is 0 Å². The molecule has 11 aromatic carbocycles. The average Bonchev–Trinajstić information content (AvgIpc) is 3.92. The van der Waals surface area contributed by atoms with Gasteiger partial charge in [-0.2, -0.15) is 0 Å². The maximum absolute atomic E-state index is 6.44. The number of hydrogen-bond acceptors (Lipinski definition) is 2. The van der Waals surface area contributed by atoms with E-state index < -0.39 is 0 Å². The first-order chi connectivity index (χ1) is 32.2. The standard InChI is InChI=1S/C62H40N2O/c1-2-12-42(13-3-1)52-19-10-14-44-15-11-20-53(62(44)52)43-28-33-48(34-29-43)63(51-36-37-57-56-18-6-9-23-60(56)65-61(57)40-51)50-35-30-46-38-45(24-25-47(46)39-50)41-26-31-49(32-27-41)64-58-21-7-4-16-54(58)55-17-5-8-22-59(55)64/h1-40H. The molecule has 3 nitrogen and oxygen atoms in total. The first-order valence-corrected chi connectivity index (χ1v) is 22.2. The van der Waals surface area contributed by atoms with E-state index in [1.807, 2.05) is 12.1 Å². The molecule has 0 aliphatic heterocycles. The molecule has 3 heteroatoms. The van der Waals surface area contributed by atoms with Crippen molar-refractivity contribution in [3.05, 3.63) is 243 Å². The number of hydrogen-bond donors (Lipinski definition) is 0. The van der Waals surface area contributed by atoms with Gasteiger partial charge in [-0.15, -0.1) is 0 Å². The van der Waals surface area contributed by atoms with Crippen LogP contribution in [-0.2, 0) is 0 Å². The van der Waals surface area contributed by atoms with Gasteiger partial charge < -0.3 is 13.9 Å². The van der Waals surface area contributed by atoms with E-state index in [-0.39, 0.29) is 0 Å². The van der Waals surface area contributed by atoms with E-state index in [0.717, 1.165) is 44.7 Å². The predicted octanol–water partition coefficient (Wildman–Crippen LogP) is 17.5. The molecule has 0 aliphatic rings. The van der Waals surface area contributed by atoms with E-state index >= 15 is 0 Å². The Morgan fingerprint density at radius 3 is 1.58 bits per heavy atom. The molecule has 65 heavy (non-hydrogen) atoms. The number of benzene rings is 11. The third kappa shape index (κ3) is 6.20. The Kier molecular flexibility index (Phi) is 8.53. The zero-order valence-corrected chi connectivity index (χ0v) is 35.4. The smallest absolute Gasteiger partial charge is 0.137 e. The Hall–Kier alpha value is -8.66. The molecule has 0 fully saturated rings. The molecule has 0 bridgehead atoms. The largest absolute Gasteiger partial charge is 0.456 e. The molecule has 13 aromatic rings.